The predicted molar refractivity (Wildman–Crippen MR) is 99.6 cm³/mol. The van der Waals surface area contributed by atoms with E-state index in [-0.39, 0.29) is 17.6 Å². The first kappa shape index (κ1) is 17.0. The fourth-order valence-corrected chi connectivity index (χ4v) is 3.45. The number of rotatable bonds is 4. The number of carbonyl (C=O) groups is 2. The lowest BCUT2D eigenvalue weighted by Gasteiger charge is -2.08. The summed E-state index contributed by atoms with van der Waals surface area (Å²) in [6, 6.07) is 10.9. The molecular formula is C19H18N2O3S. The molecule has 2 N–H and O–H groups in total. The minimum atomic E-state index is -0.340. The van der Waals surface area contributed by atoms with E-state index in [0.29, 0.717) is 9.88 Å². The van der Waals surface area contributed by atoms with Crippen molar-refractivity contribution in [3.63, 3.8) is 0 Å². The lowest BCUT2D eigenvalue weighted by atomic mass is 10.1. The van der Waals surface area contributed by atoms with E-state index >= 15 is 0 Å². The highest BCUT2D eigenvalue weighted by Crippen LogP contribution is 2.28. The lowest BCUT2D eigenvalue weighted by molar-refractivity contribution is 0.0995. The van der Waals surface area contributed by atoms with Gasteiger partial charge in [-0.05, 0) is 56.2 Å². The number of thiophene rings is 1. The van der Waals surface area contributed by atoms with Gasteiger partial charge in [0.05, 0.1) is 16.1 Å². The number of nitrogens with one attached hydrogen (secondary N) is 2. The Morgan fingerprint density at radius 3 is 2.44 bits per heavy atom. The first-order chi connectivity index (χ1) is 11.9. The number of carbonyl (C=O) groups excluding carboxylic acids is 2. The van der Waals surface area contributed by atoms with Gasteiger partial charge in [-0.25, -0.2) is 0 Å². The Balaban J connectivity index is 1.75. The molecule has 2 amide bonds. The van der Waals surface area contributed by atoms with Crippen LogP contribution in [0.1, 0.15) is 36.9 Å². The molecule has 3 rings (SSSR count). The third-order valence-corrected chi connectivity index (χ3v) is 4.89. The molecule has 1 aromatic carbocycles. The van der Waals surface area contributed by atoms with Gasteiger partial charge in [0.2, 0.25) is 0 Å². The molecule has 3 aromatic rings. The monoisotopic (exact) mass is 354 g/mol. The first-order valence-electron chi connectivity index (χ1n) is 7.78. The van der Waals surface area contributed by atoms with Crippen molar-refractivity contribution in [3.05, 3.63) is 70.0 Å². The Morgan fingerprint density at radius 1 is 0.960 bits per heavy atom. The van der Waals surface area contributed by atoms with Crippen LogP contribution in [0.2, 0.25) is 0 Å². The maximum Gasteiger partial charge on any atom is 0.291 e. The average molecular weight is 354 g/mol. The second-order valence-corrected chi connectivity index (χ2v) is 6.88. The van der Waals surface area contributed by atoms with E-state index in [4.69, 9.17) is 4.42 Å². The van der Waals surface area contributed by atoms with Crippen LogP contribution >= 0.6 is 11.3 Å². The number of furan rings is 1. The number of amides is 2. The van der Waals surface area contributed by atoms with Crippen LogP contribution in [0.4, 0.5) is 10.7 Å². The van der Waals surface area contributed by atoms with Gasteiger partial charge >= 0.3 is 0 Å². The highest BCUT2D eigenvalue weighted by atomic mass is 32.1. The third kappa shape index (κ3) is 3.80. The van der Waals surface area contributed by atoms with Crippen molar-refractivity contribution >= 4 is 33.8 Å². The molecule has 0 bridgehead atoms. The van der Waals surface area contributed by atoms with Crippen LogP contribution in [0, 0.1) is 20.8 Å². The molecule has 2 aromatic heterocycles. The maximum atomic E-state index is 12.6. The van der Waals surface area contributed by atoms with E-state index in [1.165, 1.54) is 17.6 Å². The second kappa shape index (κ2) is 6.94. The van der Waals surface area contributed by atoms with Crippen molar-refractivity contribution in [2.24, 2.45) is 0 Å². The number of aryl methyl sites for hydroxylation is 3. The van der Waals surface area contributed by atoms with Crippen molar-refractivity contribution in [2.45, 2.75) is 20.8 Å². The molecule has 2 heterocycles. The van der Waals surface area contributed by atoms with Crippen LogP contribution < -0.4 is 10.6 Å². The van der Waals surface area contributed by atoms with Gasteiger partial charge in [-0.3, -0.25) is 9.59 Å². The molecule has 0 atom stereocenters. The molecule has 5 nitrogen and oxygen atoms in total. The zero-order chi connectivity index (χ0) is 18.0. The molecule has 0 radical (unpaired) electrons. The Labute approximate surface area is 149 Å². The Morgan fingerprint density at radius 2 is 1.76 bits per heavy atom. The molecular weight excluding hydrogens is 336 g/mol. The van der Waals surface area contributed by atoms with Crippen LogP contribution in [0.5, 0.6) is 0 Å². The van der Waals surface area contributed by atoms with Crippen LogP contribution in [0.25, 0.3) is 0 Å². The van der Waals surface area contributed by atoms with E-state index in [2.05, 4.69) is 10.6 Å². The molecule has 128 valence electrons. The van der Waals surface area contributed by atoms with Crippen molar-refractivity contribution < 1.29 is 14.0 Å². The molecule has 0 aliphatic rings. The highest BCUT2D eigenvalue weighted by molar-refractivity contribution is 7.18. The summed E-state index contributed by atoms with van der Waals surface area (Å²) in [5, 5.41) is 6.28. The van der Waals surface area contributed by atoms with Gasteiger partial charge in [0.1, 0.15) is 0 Å². The molecule has 0 saturated heterocycles. The molecule has 0 fully saturated rings. The summed E-state index contributed by atoms with van der Waals surface area (Å²) in [6.45, 7) is 5.81. The summed E-state index contributed by atoms with van der Waals surface area (Å²) < 4.78 is 5.07. The van der Waals surface area contributed by atoms with E-state index in [9.17, 15) is 9.59 Å². The topological polar surface area (TPSA) is 71.3 Å². The molecule has 0 spiro atoms. The van der Waals surface area contributed by atoms with Gasteiger partial charge in [-0.2, -0.15) is 0 Å². The molecule has 0 aliphatic heterocycles. The number of hydrogen-bond donors (Lipinski definition) is 2. The van der Waals surface area contributed by atoms with Crippen molar-refractivity contribution in [2.75, 3.05) is 10.6 Å². The standard InChI is InChI=1S/C19H18N2O3S/c1-11-6-7-14(12(2)9-11)20-19(23)17-13(3)10-16(25-17)21-18(22)15-5-4-8-24-15/h4-10H,1-3H3,(H,20,23)(H,21,22). The summed E-state index contributed by atoms with van der Waals surface area (Å²) in [7, 11) is 0. The summed E-state index contributed by atoms with van der Waals surface area (Å²) in [5.74, 6) is -0.298. The highest BCUT2D eigenvalue weighted by Gasteiger charge is 2.17. The fourth-order valence-electron chi connectivity index (χ4n) is 2.48. The summed E-state index contributed by atoms with van der Waals surface area (Å²) in [4.78, 5) is 25.2. The normalized spacial score (nSPS) is 10.5. The van der Waals surface area contributed by atoms with Gasteiger partial charge in [-0.1, -0.05) is 17.7 Å². The Hall–Kier alpha value is -2.86. The van der Waals surface area contributed by atoms with Crippen LogP contribution in [-0.2, 0) is 0 Å². The zero-order valence-corrected chi connectivity index (χ0v) is 15.0. The van der Waals surface area contributed by atoms with E-state index in [0.717, 1.165) is 22.4 Å². The number of anilines is 2. The van der Waals surface area contributed by atoms with Gasteiger partial charge in [0, 0.05) is 5.69 Å². The Kier molecular flexibility index (Phi) is 4.72. The van der Waals surface area contributed by atoms with Gasteiger partial charge in [0.15, 0.2) is 5.76 Å². The largest absolute Gasteiger partial charge is 0.459 e. The predicted octanol–water partition coefficient (Wildman–Crippen LogP) is 4.77. The van der Waals surface area contributed by atoms with E-state index < -0.39 is 0 Å². The second-order valence-electron chi connectivity index (χ2n) is 5.83. The van der Waals surface area contributed by atoms with Crippen molar-refractivity contribution in [1.82, 2.24) is 0 Å². The first-order valence-corrected chi connectivity index (χ1v) is 8.59. The van der Waals surface area contributed by atoms with Crippen LogP contribution in [-0.4, -0.2) is 11.8 Å². The summed E-state index contributed by atoms with van der Waals surface area (Å²) in [6.07, 6.45) is 1.44. The number of hydrogen-bond acceptors (Lipinski definition) is 4. The molecule has 0 unspecified atom stereocenters. The maximum absolute atomic E-state index is 12.6. The van der Waals surface area contributed by atoms with Crippen molar-refractivity contribution in [3.8, 4) is 0 Å². The van der Waals surface area contributed by atoms with Gasteiger partial charge < -0.3 is 15.1 Å². The Bertz CT molecular complexity index is 926. The van der Waals surface area contributed by atoms with Crippen LogP contribution in [0.15, 0.2) is 47.1 Å². The zero-order valence-electron chi connectivity index (χ0n) is 14.2. The summed E-state index contributed by atoms with van der Waals surface area (Å²) >= 11 is 1.24. The SMILES string of the molecule is Cc1ccc(NC(=O)c2sc(NC(=O)c3ccco3)cc2C)c(C)c1. The quantitative estimate of drug-likeness (QED) is 0.709. The van der Waals surface area contributed by atoms with E-state index in [1.54, 1.807) is 18.2 Å². The molecule has 0 saturated carbocycles. The average Bonchev–Trinajstić information content (AvgIpc) is 3.20. The van der Waals surface area contributed by atoms with Crippen molar-refractivity contribution in [1.29, 1.82) is 0 Å². The van der Waals surface area contributed by atoms with E-state index in [1.807, 2.05) is 39.0 Å². The van der Waals surface area contributed by atoms with Gasteiger partial charge in [-0.15, -0.1) is 11.3 Å². The number of benzene rings is 1. The summed E-state index contributed by atoms with van der Waals surface area (Å²) in [5.41, 5.74) is 3.74. The lowest BCUT2D eigenvalue weighted by Crippen LogP contribution is -2.12. The fraction of sp³-hybridized carbons (Fsp3) is 0.158. The molecule has 25 heavy (non-hydrogen) atoms. The van der Waals surface area contributed by atoms with Crippen LogP contribution in [0.3, 0.4) is 0 Å². The minimum absolute atomic E-state index is 0.187. The molecule has 0 aliphatic carbocycles. The van der Waals surface area contributed by atoms with Gasteiger partial charge in [0.25, 0.3) is 11.8 Å². The minimum Gasteiger partial charge on any atom is -0.459 e. The third-order valence-electron chi connectivity index (χ3n) is 3.74. The molecule has 6 heteroatoms. The smallest absolute Gasteiger partial charge is 0.291 e.